The second-order valence-electron chi connectivity index (χ2n) is 5.62. The van der Waals surface area contributed by atoms with Gasteiger partial charge < -0.3 is 9.59 Å². The molecule has 0 amide bonds. The molecule has 2 bridgehead atoms. The number of aliphatic hydroxyl groups excluding tert-OH is 1. The van der Waals surface area contributed by atoms with Gasteiger partial charge in [0.05, 0.1) is 20.6 Å². The SMILES string of the molecule is CC12CCC(C(O)C1)[N+](C)(C)C2. The molecule has 0 aromatic heterocycles. The number of rotatable bonds is 0. The molecule has 70 valence electrons. The van der Waals surface area contributed by atoms with Gasteiger partial charge in [-0.1, -0.05) is 6.92 Å². The zero-order valence-electron chi connectivity index (χ0n) is 8.38. The Morgan fingerprint density at radius 1 is 1.42 bits per heavy atom. The van der Waals surface area contributed by atoms with Gasteiger partial charge in [-0.25, -0.2) is 0 Å². The average Bonchev–Trinajstić information content (AvgIpc) is 1.80. The fourth-order valence-corrected chi connectivity index (χ4v) is 3.49. The van der Waals surface area contributed by atoms with E-state index in [0.717, 1.165) is 10.9 Å². The third kappa shape index (κ3) is 1.09. The van der Waals surface area contributed by atoms with Crippen molar-refractivity contribution in [2.45, 2.75) is 38.3 Å². The fourth-order valence-electron chi connectivity index (χ4n) is 3.49. The minimum atomic E-state index is -0.0486. The van der Waals surface area contributed by atoms with Crippen molar-refractivity contribution in [2.75, 3.05) is 20.6 Å². The van der Waals surface area contributed by atoms with Gasteiger partial charge in [-0.2, -0.15) is 0 Å². The molecular formula is C10H20NO+. The molecule has 2 saturated heterocycles. The van der Waals surface area contributed by atoms with Crippen molar-refractivity contribution in [3.05, 3.63) is 0 Å². The predicted octanol–water partition coefficient (Wildman–Crippen LogP) is 0.996. The van der Waals surface area contributed by atoms with E-state index in [4.69, 9.17) is 0 Å². The number of quaternary nitrogens is 1. The van der Waals surface area contributed by atoms with Crippen LogP contribution in [0.15, 0.2) is 0 Å². The number of hydrogen-bond donors (Lipinski definition) is 1. The van der Waals surface area contributed by atoms with E-state index in [9.17, 15) is 5.11 Å². The lowest BCUT2D eigenvalue weighted by atomic mass is 9.66. The van der Waals surface area contributed by atoms with Crippen molar-refractivity contribution in [3.8, 4) is 0 Å². The van der Waals surface area contributed by atoms with E-state index >= 15 is 0 Å². The van der Waals surface area contributed by atoms with Crippen molar-refractivity contribution in [3.63, 3.8) is 0 Å². The Hall–Kier alpha value is -0.0800. The lowest BCUT2D eigenvalue weighted by molar-refractivity contribution is -0.937. The second kappa shape index (κ2) is 2.24. The Bertz CT molecular complexity index is 199. The Morgan fingerprint density at radius 3 is 2.50 bits per heavy atom. The average molecular weight is 170 g/mol. The standard InChI is InChI=1S/C10H20NO/c1-10-5-4-8(9(12)6-10)11(2,3)7-10/h8-9,12H,4-7H2,1-3H3/q+1. The summed E-state index contributed by atoms with van der Waals surface area (Å²) in [6, 6.07) is 0.506. The number of nitrogens with zero attached hydrogens (tertiary/aromatic N) is 1. The first-order valence-corrected chi connectivity index (χ1v) is 4.94. The molecule has 2 aliphatic heterocycles. The van der Waals surface area contributed by atoms with Crippen molar-refractivity contribution in [1.82, 2.24) is 0 Å². The van der Waals surface area contributed by atoms with Crippen LogP contribution in [0.1, 0.15) is 26.2 Å². The summed E-state index contributed by atoms with van der Waals surface area (Å²) in [5, 5.41) is 9.88. The van der Waals surface area contributed by atoms with Gasteiger partial charge in [-0.05, 0) is 12.8 Å². The highest BCUT2D eigenvalue weighted by atomic mass is 16.3. The van der Waals surface area contributed by atoms with Gasteiger partial charge >= 0.3 is 0 Å². The van der Waals surface area contributed by atoms with Crippen LogP contribution in [0.3, 0.4) is 0 Å². The summed E-state index contributed by atoms with van der Waals surface area (Å²) in [5.74, 6) is 0. The molecule has 2 heteroatoms. The van der Waals surface area contributed by atoms with Crippen LogP contribution in [0.25, 0.3) is 0 Å². The maximum atomic E-state index is 9.88. The van der Waals surface area contributed by atoms with Gasteiger partial charge in [0.2, 0.25) is 0 Å². The Balaban J connectivity index is 2.28. The third-order valence-electron chi connectivity index (χ3n) is 3.88. The van der Waals surface area contributed by atoms with Crippen LogP contribution in [0.5, 0.6) is 0 Å². The summed E-state index contributed by atoms with van der Waals surface area (Å²) < 4.78 is 1.03. The molecule has 1 aliphatic carbocycles. The zero-order chi connectivity index (χ0) is 8.98. The topological polar surface area (TPSA) is 20.2 Å². The Labute approximate surface area is 74.8 Å². The molecule has 1 N–H and O–H groups in total. The van der Waals surface area contributed by atoms with E-state index < -0.39 is 0 Å². The smallest absolute Gasteiger partial charge is 0.115 e. The molecule has 0 spiro atoms. The van der Waals surface area contributed by atoms with Gasteiger partial charge in [0, 0.05) is 11.8 Å². The molecule has 1 saturated carbocycles. The molecule has 2 nitrogen and oxygen atoms in total. The van der Waals surface area contributed by atoms with Crippen LogP contribution in [-0.4, -0.2) is 42.4 Å². The first-order valence-electron chi connectivity index (χ1n) is 4.94. The van der Waals surface area contributed by atoms with Gasteiger partial charge in [0.25, 0.3) is 0 Å². The number of hydrogen-bond acceptors (Lipinski definition) is 1. The van der Waals surface area contributed by atoms with Crippen LogP contribution in [-0.2, 0) is 0 Å². The quantitative estimate of drug-likeness (QED) is 0.538. The summed E-state index contributed by atoms with van der Waals surface area (Å²) >= 11 is 0. The summed E-state index contributed by atoms with van der Waals surface area (Å²) in [7, 11) is 4.51. The molecule has 0 aromatic carbocycles. The monoisotopic (exact) mass is 170 g/mol. The third-order valence-corrected chi connectivity index (χ3v) is 3.88. The van der Waals surface area contributed by atoms with Crippen LogP contribution >= 0.6 is 0 Å². The molecule has 3 unspecified atom stereocenters. The van der Waals surface area contributed by atoms with Crippen molar-refractivity contribution >= 4 is 0 Å². The van der Waals surface area contributed by atoms with Crippen LogP contribution < -0.4 is 0 Å². The van der Waals surface area contributed by atoms with Gasteiger partial charge in [-0.3, -0.25) is 0 Å². The second-order valence-corrected chi connectivity index (χ2v) is 5.62. The van der Waals surface area contributed by atoms with Crippen LogP contribution in [0.4, 0.5) is 0 Å². The summed E-state index contributed by atoms with van der Waals surface area (Å²) in [4.78, 5) is 0. The molecule has 3 rings (SSSR count). The molecular weight excluding hydrogens is 150 g/mol. The highest BCUT2D eigenvalue weighted by Crippen LogP contribution is 2.46. The fraction of sp³-hybridized carbons (Fsp3) is 1.00. The number of aliphatic hydroxyl groups is 1. The molecule has 2 heterocycles. The molecule has 0 radical (unpaired) electrons. The minimum Gasteiger partial charge on any atom is -0.387 e. The van der Waals surface area contributed by atoms with Gasteiger partial charge in [-0.15, -0.1) is 0 Å². The van der Waals surface area contributed by atoms with Crippen LogP contribution in [0, 0.1) is 5.41 Å². The molecule has 3 atom stereocenters. The van der Waals surface area contributed by atoms with E-state index in [-0.39, 0.29) is 6.10 Å². The lowest BCUT2D eigenvalue weighted by Gasteiger charge is -2.56. The number of fused-ring (bicyclic) bond motifs is 3. The van der Waals surface area contributed by atoms with Gasteiger partial charge in [0.1, 0.15) is 12.1 Å². The van der Waals surface area contributed by atoms with E-state index in [0.29, 0.717) is 11.5 Å². The maximum absolute atomic E-state index is 9.88. The zero-order valence-corrected chi connectivity index (χ0v) is 8.38. The first-order chi connectivity index (χ1) is 5.43. The van der Waals surface area contributed by atoms with Crippen molar-refractivity contribution < 1.29 is 9.59 Å². The summed E-state index contributed by atoms with van der Waals surface area (Å²) in [6.07, 6.45) is 3.51. The number of likely N-dealkylation sites (N-methyl/N-ethyl adjacent to an activating group) is 1. The summed E-state index contributed by atoms with van der Waals surface area (Å²) in [5.41, 5.74) is 0.414. The van der Waals surface area contributed by atoms with Crippen LogP contribution in [0.2, 0.25) is 0 Å². The molecule has 3 fully saturated rings. The number of piperidine rings is 2. The Morgan fingerprint density at radius 2 is 2.08 bits per heavy atom. The predicted molar refractivity (Wildman–Crippen MR) is 48.7 cm³/mol. The lowest BCUT2D eigenvalue weighted by Crippen LogP contribution is -2.67. The molecule has 3 aliphatic rings. The maximum Gasteiger partial charge on any atom is 0.115 e. The van der Waals surface area contributed by atoms with E-state index in [2.05, 4.69) is 21.0 Å². The largest absolute Gasteiger partial charge is 0.387 e. The van der Waals surface area contributed by atoms with E-state index in [1.165, 1.54) is 19.4 Å². The highest BCUT2D eigenvalue weighted by Gasteiger charge is 2.52. The van der Waals surface area contributed by atoms with Gasteiger partial charge in [0.15, 0.2) is 0 Å². The van der Waals surface area contributed by atoms with Crippen molar-refractivity contribution in [1.29, 1.82) is 0 Å². The Kier molecular flexibility index (Phi) is 1.59. The highest BCUT2D eigenvalue weighted by molar-refractivity contribution is 4.93. The van der Waals surface area contributed by atoms with E-state index in [1.54, 1.807) is 0 Å². The normalized spacial score (nSPS) is 51.0. The van der Waals surface area contributed by atoms with Crippen molar-refractivity contribution in [2.24, 2.45) is 5.41 Å². The molecule has 0 aromatic rings. The first kappa shape index (κ1) is 8.52. The molecule has 12 heavy (non-hydrogen) atoms. The summed E-state index contributed by atoms with van der Waals surface area (Å²) in [6.45, 7) is 3.57. The minimum absolute atomic E-state index is 0.0486. The van der Waals surface area contributed by atoms with E-state index in [1.807, 2.05) is 0 Å².